The van der Waals surface area contributed by atoms with Gasteiger partial charge in [0.2, 0.25) is 0 Å². The minimum Gasteiger partial charge on any atom is -0.338 e. The second-order valence-electron chi connectivity index (χ2n) is 6.12. The fourth-order valence-corrected chi connectivity index (χ4v) is 4.33. The number of amides is 1. The SMILES string of the molecule is O=C(c1cccc(F)c1)N1CCCC(c2nc3ccccc3s2)C1. The van der Waals surface area contributed by atoms with Crippen molar-refractivity contribution in [2.24, 2.45) is 0 Å². The molecule has 24 heavy (non-hydrogen) atoms. The first-order chi connectivity index (χ1) is 11.7. The number of nitrogens with zero attached hydrogens (tertiary/aromatic N) is 2. The van der Waals surface area contributed by atoms with Gasteiger partial charge in [-0.2, -0.15) is 0 Å². The molecule has 1 unspecified atom stereocenters. The van der Waals surface area contributed by atoms with E-state index in [1.807, 2.05) is 23.1 Å². The third kappa shape index (κ3) is 2.91. The predicted molar refractivity (Wildman–Crippen MR) is 93.9 cm³/mol. The molecule has 4 rings (SSSR count). The number of rotatable bonds is 2. The second kappa shape index (κ2) is 6.32. The van der Waals surface area contributed by atoms with E-state index in [9.17, 15) is 9.18 Å². The van der Waals surface area contributed by atoms with E-state index in [0.717, 1.165) is 29.9 Å². The van der Waals surface area contributed by atoms with Gasteiger partial charge in [0.25, 0.3) is 5.91 Å². The van der Waals surface area contributed by atoms with Crippen molar-refractivity contribution in [2.75, 3.05) is 13.1 Å². The first kappa shape index (κ1) is 15.3. The van der Waals surface area contributed by atoms with E-state index in [-0.39, 0.29) is 17.6 Å². The number of fused-ring (bicyclic) bond motifs is 1. The van der Waals surface area contributed by atoms with Crippen molar-refractivity contribution in [1.29, 1.82) is 0 Å². The molecule has 1 aliphatic heterocycles. The third-order valence-corrected chi connectivity index (χ3v) is 5.64. The number of likely N-dealkylation sites (tertiary alicyclic amines) is 1. The van der Waals surface area contributed by atoms with Crippen molar-refractivity contribution >= 4 is 27.5 Å². The molecule has 3 nitrogen and oxygen atoms in total. The molecule has 1 amide bonds. The first-order valence-electron chi connectivity index (χ1n) is 8.11. The van der Waals surface area contributed by atoms with Crippen LogP contribution in [0.3, 0.4) is 0 Å². The highest BCUT2D eigenvalue weighted by Gasteiger charge is 2.27. The Hall–Kier alpha value is -2.27. The summed E-state index contributed by atoms with van der Waals surface area (Å²) < 4.78 is 14.6. The van der Waals surface area contributed by atoms with E-state index < -0.39 is 0 Å². The van der Waals surface area contributed by atoms with Crippen LogP contribution in [0, 0.1) is 5.82 Å². The summed E-state index contributed by atoms with van der Waals surface area (Å²) in [4.78, 5) is 19.2. The normalized spacial score (nSPS) is 18.0. The van der Waals surface area contributed by atoms with Crippen molar-refractivity contribution in [3.05, 3.63) is 64.9 Å². The number of hydrogen-bond donors (Lipinski definition) is 0. The van der Waals surface area contributed by atoms with Gasteiger partial charge in [0.15, 0.2) is 0 Å². The summed E-state index contributed by atoms with van der Waals surface area (Å²) >= 11 is 1.71. The molecule has 0 spiro atoms. The van der Waals surface area contributed by atoms with E-state index >= 15 is 0 Å². The van der Waals surface area contributed by atoms with Crippen LogP contribution < -0.4 is 0 Å². The maximum atomic E-state index is 13.4. The van der Waals surface area contributed by atoms with Crippen LogP contribution in [-0.4, -0.2) is 28.9 Å². The second-order valence-corrected chi connectivity index (χ2v) is 7.18. The van der Waals surface area contributed by atoms with Gasteiger partial charge in [-0.05, 0) is 43.2 Å². The van der Waals surface area contributed by atoms with Gasteiger partial charge in [-0.25, -0.2) is 9.37 Å². The van der Waals surface area contributed by atoms with Gasteiger partial charge >= 0.3 is 0 Å². The molecule has 1 aromatic heterocycles. The fourth-order valence-electron chi connectivity index (χ4n) is 3.23. The van der Waals surface area contributed by atoms with Gasteiger partial charge in [0, 0.05) is 24.6 Å². The number of para-hydroxylation sites is 1. The molecule has 0 aliphatic carbocycles. The minimum atomic E-state index is -0.374. The van der Waals surface area contributed by atoms with Crippen LogP contribution in [0.2, 0.25) is 0 Å². The summed E-state index contributed by atoms with van der Waals surface area (Å²) in [5.74, 6) is -0.213. The lowest BCUT2D eigenvalue weighted by Gasteiger charge is -2.32. The van der Waals surface area contributed by atoms with Crippen LogP contribution in [0.25, 0.3) is 10.2 Å². The molecular formula is C19H17FN2OS. The quantitative estimate of drug-likeness (QED) is 0.690. The zero-order valence-corrected chi connectivity index (χ0v) is 13.9. The van der Waals surface area contributed by atoms with Crippen LogP contribution >= 0.6 is 11.3 Å². The summed E-state index contributed by atoms with van der Waals surface area (Å²) in [7, 11) is 0. The Morgan fingerprint density at radius 2 is 2.08 bits per heavy atom. The zero-order valence-electron chi connectivity index (χ0n) is 13.1. The summed E-state index contributed by atoms with van der Waals surface area (Å²) in [6.45, 7) is 1.37. The number of hydrogen-bond acceptors (Lipinski definition) is 3. The monoisotopic (exact) mass is 340 g/mol. The summed E-state index contributed by atoms with van der Waals surface area (Å²) in [5, 5.41) is 1.09. The Kier molecular flexibility index (Phi) is 4.02. The number of aromatic nitrogens is 1. The molecule has 0 bridgehead atoms. The van der Waals surface area contributed by atoms with Crippen molar-refractivity contribution in [2.45, 2.75) is 18.8 Å². The van der Waals surface area contributed by atoms with Crippen LogP contribution in [0.15, 0.2) is 48.5 Å². The summed E-state index contributed by atoms with van der Waals surface area (Å²) in [6, 6.07) is 14.0. The average Bonchev–Trinajstić information content (AvgIpc) is 3.05. The van der Waals surface area contributed by atoms with Crippen LogP contribution in [-0.2, 0) is 0 Å². The molecule has 0 N–H and O–H groups in total. The highest BCUT2D eigenvalue weighted by molar-refractivity contribution is 7.18. The van der Waals surface area contributed by atoms with Gasteiger partial charge in [-0.15, -0.1) is 11.3 Å². The molecule has 3 aromatic rings. The third-order valence-electron chi connectivity index (χ3n) is 4.44. The Bertz CT molecular complexity index is 859. The van der Waals surface area contributed by atoms with Crippen LogP contribution in [0.1, 0.15) is 34.1 Å². The average molecular weight is 340 g/mol. The number of carbonyl (C=O) groups excluding carboxylic acids is 1. The van der Waals surface area contributed by atoms with Crippen LogP contribution in [0.4, 0.5) is 4.39 Å². The highest BCUT2D eigenvalue weighted by atomic mass is 32.1. The molecule has 1 fully saturated rings. The van der Waals surface area contributed by atoms with Crippen molar-refractivity contribution in [1.82, 2.24) is 9.88 Å². The topological polar surface area (TPSA) is 33.2 Å². The molecule has 2 aromatic carbocycles. The number of thiazole rings is 1. The number of piperidine rings is 1. The molecule has 1 atom stereocenters. The Morgan fingerprint density at radius 1 is 1.21 bits per heavy atom. The maximum Gasteiger partial charge on any atom is 0.253 e. The molecule has 5 heteroatoms. The van der Waals surface area contributed by atoms with Crippen molar-refractivity contribution in [3.63, 3.8) is 0 Å². The molecule has 2 heterocycles. The largest absolute Gasteiger partial charge is 0.338 e. The van der Waals surface area contributed by atoms with Gasteiger partial charge in [-0.1, -0.05) is 18.2 Å². The molecule has 0 radical (unpaired) electrons. The van der Waals surface area contributed by atoms with Gasteiger partial charge in [0.1, 0.15) is 5.82 Å². The van der Waals surface area contributed by atoms with E-state index in [4.69, 9.17) is 4.98 Å². The zero-order chi connectivity index (χ0) is 16.5. The number of halogens is 1. The lowest BCUT2D eigenvalue weighted by molar-refractivity contribution is 0.0706. The standard InChI is InChI=1S/C19H17FN2OS/c20-15-7-3-5-13(11-15)19(23)22-10-4-6-14(12-22)18-21-16-8-1-2-9-17(16)24-18/h1-3,5,7-9,11,14H,4,6,10,12H2. The molecule has 122 valence electrons. The lowest BCUT2D eigenvalue weighted by Crippen LogP contribution is -2.39. The molecule has 1 aliphatic rings. The summed E-state index contributed by atoms with van der Waals surface area (Å²) in [6.07, 6.45) is 1.98. The highest BCUT2D eigenvalue weighted by Crippen LogP contribution is 2.33. The molecule has 1 saturated heterocycles. The van der Waals surface area contributed by atoms with Gasteiger partial charge in [-0.3, -0.25) is 4.79 Å². The van der Waals surface area contributed by atoms with Gasteiger partial charge < -0.3 is 4.90 Å². The van der Waals surface area contributed by atoms with Crippen LogP contribution in [0.5, 0.6) is 0 Å². The molecule has 0 saturated carbocycles. The smallest absolute Gasteiger partial charge is 0.253 e. The first-order valence-corrected chi connectivity index (χ1v) is 8.93. The predicted octanol–water partition coefficient (Wildman–Crippen LogP) is 4.46. The Morgan fingerprint density at radius 3 is 2.92 bits per heavy atom. The van der Waals surface area contributed by atoms with E-state index in [1.165, 1.54) is 16.8 Å². The maximum absolute atomic E-state index is 13.4. The Balaban J connectivity index is 1.56. The van der Waals surface area contributed by atoms with E-state index in [2.05, 4.69) is 6.07 Å². The number of carbonyl (C=O) groups is 1. The fraction of sp³-hybridized carbons (Fsp3) is 0.263. The van der Waals surface area contributed by atoms with Crippen molar-refractivity contribution in [3.8, 4) is 0 Å². The minimum absolute atomic E-state index is 0.0969. The van der Waals surface area contributed by atoms with E-state index in [0.29, 0.717) is 12.1 Å². The summed E-state index contributed by atoms with van der Waals surface area (Å²) in [5.41, 5.74) is 1.44. The van der Waals surface area contributed by atoms with Gasteiger partial charge in [0.05, 0.1) is 15.2 Å². The number of benzene rings is 2. The van der Waals surface area contributed by atoms with E-state index in [1.54, 1.807) is 23.5 Å². The van der Waals surface area contributed by atoms with Crippen molar-refractivity contribution < 1.29 is 9.18 Å². The molecular weight excluding hydrogens is 323 g/mol. The Labute approximate surface area is 143 Å². The lowest BCUT2D eigenvalue weighted by atomic mass is 9.98.